The van der Waals surface area contributed by atoms with E-state index in [4.69, 9.17) is 16.2 Å². The summed E-state index contributed by atoms with van der Waals surface area (Å²) in [6.07, 6.45) is 2.02. The summed E-state index contributed by atoms with van der Waals surface area (Å²) in [6, 6.07) is 20.7. The van der Waals surface area contributed by atoms with Crippen molar-refractivity contribution < 1.29 is 19.4 Å². The van der Waals surface area contributed by atoms with Gasteiger partial charge in [0.2, 0.25) is 0 Å². The number of aliphatic carboxylic acids is 1. The summed E-state index contributed by atoms with van der Waals surface area (Å²) < 4.78 is 5.69. The fourth-order valence-electron chi connectivity index (χ4n) is 2.89. The van der Waals surface area contributed by atoms with E-state index >= 15 is 0 Å². The monoisotopic (exact) mass is 402 g/mol. The molecule has 0 aliphatic heterocycles. The lowest BCUT2D eigenvalue weighted by Gasteiger charge is -2.09. The third-order valence-electron chi connectivity index (χ3n) is 4.48. The van der Waals surface area contributed by atoms with Crippen LogP contribution in [0.1, 0.15) is 21.5 Å². The Bertz CT molecular complexity index is 1070. The Labute approximate surface area is 174 Å². The quantitative estimate of drug-likeness (QED) is 0.173. The minimum Gasteiger partial charge on any atom is -0.491 e. The topological polar surface area (TPSA) is 116 Å². The molecular formula is C24H22N2O4. The molecule has 5 N–H and O–H groups in total. The molecule has 0 atom stereocenters. The van der Waals surface area contributed by atoms with Gasteiger partial charge in [0.1, 0.15) is 11.3 Å². The van der Waals surface area contributed by atoms with Crippen molar-refractivity contribution >= 4 is 29.2 Å². The van der Waals surface area contributed by atoms with Crippen LogP contribution in [-0.2, 0) is 11.2 Å². The van der Waals surface area contributed by atoms with Crippen LogP contribution in [0.25, 0.3) is 6.08 Å². The predicted octanol–water partition coefficient (Wildman–Crippen LogP) is 3.82. The Morgan fingerprint density at radius 1 is 0.933 bits per heavy atom. The SMILES string of the molecule is Nc1ccc(OCCc2ccc(C=C(C(=O)O)C(=O)c3ccccc3)cc2)c(N)c1. The molecule has 0 heterocycles. The van der Waals surface area contributed by atoms with Gasteiger partial charge in [-0.05, 0) is 35.4 Å². The van der Waals surface area contributed by atoms with E-state index in [-0.39, 0.29) is 5.57 Å². The molecule has 0 bridgehead atoms. The van der Waals surface area contributed by atoms with Crippen LogP contribution in [0.4, 0.5) is 11.4 Å². The molecule has 0 unspecified atom stereocenters. The second kappa shape index (κ2) is 9.43. The minimum absolute atomic E-state index is 0.281. The lowest BCUT2D eigenvalue weighted by Crippen LogP contribution is -2.12. The van der Waals surface area contributed by atoms with Crippen molar-refractivity contribution in [3.63, 3.8) is 0 Å². The van der Waals surface area contributed by atoms with Gasteiger partial charge in [-0.25, -0.2) is 4.79 Å². The number of carboxylic acids is 1. The van der Waals surface area contributed by atoms with Crippen LogP contribution in [0, 0.1) is 0 Å². The number of rotatable bonds is 8. The van der Waals surface area contributed by atoms with Gasteiger partial charge in [-0.1, -0.05) is 54.6 Å². The van der Waals surface area contributed by atoms with Gasteiger partial charge in [-0.2, -0.15) is 0 Å². The largest absolute Gasteiger partial charge is 0.491 e. The maximum atomic E-state index is 12.5. The summed E-state index contributed by atoms with van der Waals surface area (Å²) in [7, 11) is 0. The molecule has 30 heavy (non-hydrogen) atoms. The van der Waals surface area contributed by atoms with Gasteiger partial charge in [0.15, 0.2) is 5.78 Å². The molecule has 152 valence electrons. The van der Waals surface area contributed by atoms with E-state index in [1.165, 1.54) is 6.08 Å². The highest BCUT2D eigenvalue weighted by Crippen LogP contribution is 2.23. The Hall–Kier alpha value is -4.06. The molecule has 6 heteroatoms. The number of anilines is 2. The Kier molecular flexibility index (Phi) is 6.49. The number of Topliss-reactive ketones (excluding diaryl/α,β-unsaturated/α-hetero) is 1. The standard InChI is InChI=1S/C24H22N2O4/c25-19-10-11-22(21(26)15-19)30-13-12-16-6-8-17(9-7-16)14-20(24(28)29)23(27)18-4-2-1-3-5-18/h1-11,14-15H,12-13,25-26H2,(H,28,29). The number of nitrogens with two attached hydrogens (primary N) is 2. The summed E-state index contributed by atoms with van der Waals surface area (Å²) in [5, 5.41) is 9.46. The van der Waals surface area contributed by atoms with Crippen LogP contribution >= 0.6 is 0 Å². The molecule has 0 amide bonds. The van der Waals surface area contributed by atoms with Gasteiger partial charge in [0.25, 0.3) is 0 Å². The van der Waals surface area contributed by atoms with Crippen molar-refractivity contribution in [3.8, 4) is 5.75 Å². The zero-order valence-corrected chi connectivity index (χ0v) is 16.2. The highest BCUT2D eigenvalue weighted by Gasteiger charge is 2.18. The fraction of sp³-hybridized carbons (Fsp3) is 0.0833. The van der Waals surface area contributed by atoms with Crippen LogP contribution < -0.4 is 16.2 Å². The number of ketones is 1. The summed E-state index contributed by atoms with van der Waals surface area (Å²) in [5.74, 6) is -1.21. The van der Waals surface area contributed by atoms with Gasteiger partial charge >= 0.3 is 5.97 Å². The molecule has 3 aromatic rings. The summed E-state index contributed by atoms with van der Waals surface area (Å²) in [5.41, 5.74) is 14.3. The average molecular weight is 402 g/mol. The summed E-state index contributed by atoms with van der Waals surface area (Å²) >= 11 is 0. The number of carbonyl (C=O) groups is 2. The van der Waals surface area contributed by atoms with E-state index in [1.807, 2.05) is 12.1 Å². The normalized spacial score (nSPS) is 11.1. The maximum absolute atomic E-state index is 12.5. The van der Waals surface area contributed by atoms with Crippen molar-refractivity contribution in [1.29, 1.82) is 0 Å². The first-order chi connectivity index (χ1) is 14.4. The molecule has 0 fully saturated rings. The zero-order chi connectivity index (χ0) is 21.5. The number of hydrogen-bond donors (Lipinski definition) is 3. The Morgan fingerprint density at radius 2 is 1.63 bits per heavy atom. The second-order valence-corrected chi connectivity index (χ2v) is 6.70. The molecule has 0 aliphatic rings. The minimum atomic E-state index is -1.26. The van der Waals surface area contributed by atoms with Crippen molar-refractivity contribution in [2.45, 2.75) is 6.42 Å². The van der Waals surface area contributed by atoms with E-state index in [0.717, 1.165) is 5.56 Å². The van der Waals surface area contributed by atoms with Crippen LogP contribution in [0.15, 0.2) is 78.4 Å². The lowest BCUT2D eigenvalue weighted by atomic mass is 10.0. The molecule has 0 aliphatic carbocycles. The Balaban J connectivity index is 1.66. The fourth-order valence-corrected chi connectivity index (χ4v) is 2.89. The van der Waals surface area contributed by atoms with Gasteiger partial charge in [0, 0.05) is 17.7 Å². The summed E-state index contributed by atoms with van der Waals surface area (Å²) in [4.78, 5) is 24.1. The van der Waals surface area contributed by atoms with Gasteiger partial charge in [0.05, 0.1) is 12.3 Å². The highest BCUT2D eigenvalue weighted by atomic mass is 16.5. The molecule has 0 aromatic heterocycles. The molecular weight excluding hydrogens is 380 g/mol. The number of carboxylic acid groups (broad SMARTS) is 1. The predicted molar refractivity (Wildman–Crippen MR) is 117 cm³/mol. The Morgan fingerprint density at radius 3 is 2.27 bits per heavy atom. The average Bonchev–Trinajstić information content (AvgIpc) is 2.74. The number of carbonyl (C=O) groups excluding carboxylic acids is 1. The van der Waals surface area contributed by atoms with Crippen molar-refractivity contribution in [3.05, 3.63) is 95.1 Å². The van der Waals surface area contributed by atoms with Crippen LogP contribution in [-0.4, -0.2) is 23.5 Å². The number of hydrogen-bond acceptors (Lipinski definition) is 5. The zero-order valence-electron chi connectivity index (χ0n) is 16.2. The second-order valence-electron chi connectivity index (χ2n) is 6.70. The van der Waals surface area contributed by atoms with Crippen LogP contribution in [0.2, 0.25) is 0 Å². The first-order valence-corrected chi connectivity index (χ1v) is 9.35. The molecule has 0 saturated heterocycles. The first kappa shape index (κ1) is 20.7. The molecule has 3 rings (SSSR count). The van der Waals surface area contributed by atoms with Crippen molar-refractivity contribution in [2.75, 3.05) is 18.1 Å². The van der Waals surface area contributed by atoms with Crippen molar-refractivity contribution in [2.24, 2.45) is 0 Å². The first-order valence-electron chi connectivity index (χ1n) is 9.35. The third kappa shape index (κ3) is 5.26. The van der Waals surface area contributed by atoms with Crippen LogP contribution in [0.3, 0.4) is 0 Å². The molecule has 0 radical (unpaired) electrons. The van der Waals surface area contributed by atoms with Gasteiger partial charge in [-0.3, -0.25) is 4.79 Å². The smallest absolute Gasteiger partial charge is 0.339 e. The van der Waals surface area contributed by atoms with Crippen molar-refractivity contribution in [1.82, 2.24) is 0 Å². The van der Waals surface area contributed by atoms with E-state index in [1.54, 1.807) is 60.7 Å². The van der Waals surface area contributed by atoms with E-state index in [0.29, 0.717) is 41.3 Å². The summed E-state index contributed by atoms with van der Waals surface area (Å²) in [6.45, 7) is 0.427. The van der Waals surface area contributed by atoms with E-state index in [9.17, 15) is 14.7 Å². The highest BCUT2D eigenvalue weighted by molar-refractivity contribution is 6.26. The third-order valence-corrected chi connectivity index (χ3v) is 4.48. The van der Waals surface area contributed by atoms with Gasteiger partial charge in [-0.15, -0.1) is 0 Å². The van der Waals surface area contributed by atoms with E-state index in [2.05, 4.69) is 0 Å². The molecule has 0 spiro atoms. The maximum Gasteiger partial charge on any atom is 0.339 e. The molecule has 3 aromatic carbocycles. The van der Waals surface area contributed by atoms with Gasteiger partial charge < -0.3 is 21.3 Å². The van der Waals surface area contributed by atoms with Crippen LogP contribution in [0.5, 0.6) is 5.75 Å². The number of ether oxygens (including phenoxy) is 1. The van der Waals surface area contributed by atoms with E-state index < -0.39 is 11.8 Å². The molecule has 6 nitrogen and oxygen atoms in total. The lowest BCUT2D eigenvalue weighted by molar-refractivity contribution is -0.132. The number of nitrogen functional groups attached to an aromatic ring is 2. The molecule has 0 saturated carbocycles. The number of benzene rings is 3.